The average Bonchev–Trinajstić information content (AvgIpc) is 1.00. The average molecular weight is 1320 g/mol. The first kappa shape index (κ1) is 80.3. The second kappa shape index (κ2) is 42.3. The Hall–Kier alpha value is -11.7. The Morgan fingerprint density at radius 3 is 0.723 bits per heavy atom. The van der Waals surface area contributed by atoms with Gasteiger partial charge in [-0.15, -0.1) is 0 Å². The smallest absolute Gasteiger partial charge is 0.412 e. The van der Waals surface area contributed by atoms with Crippen molar-refractivity contribution in [2.45, 2.75) is 12.0 Å². The van der Waals surface area contributed by atoms with E-state index in [9.17, 15) is 67.1 Å². The summed E-state index contributed by atoms with van der Waals surface area (Å²) in [4.78, 5) is 177. The zero-order valence-corrected chi connectivity index (χ0v) is 51.0. The Kier molecular flexibility index (Phi) is 36.2. The highest BCUT2D eigenvalue weighted by atomic mass is 16.6. The van der Waals surface area contributed by atoms with E-state index in [2.05, 4.69) is 88.3 Å². The molecule has 0 saturated heterocycles. The van der Waals surface area contributed by atoms with Crippen LogP contribution in [0.25, 0.3) is 0 Å². The van der Waals surface area contributed by atoms with Gasteiger partial charge in [0.1, 0.15) is 84.7 Å². The highest BCUT2D eigenvalue weighted by Crippen LogP contribution is 2.30. The van der Waals surface area contributed by atoms with Crippen LogP contribution in [0.3, 0.4) is 0 Å². The molecule has 0 aliphatic heterocycles. The molecule has 0 heterocycles. The molecule has 0 unspecified atom stereocenters. The first-order valence-electron chi connectivity index (χ1n) is 27.0. The van der Waals surface area contributed by atoms with Gasteiger partial charge in [-0.2, -0.15) is 0 Å². The van der Waals surface area contributed by atoms with Crippen LogP contribution in [0.2, 0.25) is 0 Å². The van der Waals surface area contributed by atoms with Gasteiger partial charge in [-0.25, -0.2) is 67.1 Å². The Morgan fingerprint density at radius 2 is 0.479 bits per heavy atom. The maximum atomic E-state index is 14.1. The summed E-state index contributed by atoms with van der Waals surface area (Å²) in [6.07, 6.45) is 3.72. The summed E-state index contributed by atoms with van der Waals surface area (Å²) >= 11 is 0. The Labute approximate surface area is 538 Å². The van der Waals surface area contributed by atoms with Gasteiger partial charge in [0.15, 0.2) is 5.60 Å². The molecule has 508 valence electrons. The van der Waals surface area contributed by atoms with E-state index in [0.717, 1.165) is 85.0 Å². The summed E-state index contributed by atoms with van der Waals surface area (Å²) < 4.78 is 80.2. The fourth-order valence-corrected chi connectivity index (χ4v) is 6.64. The van der Waals surface area contributed by atoms with Crippen molar-refractivity contribution in [2.24, 2.45) is 16.2 Å². The van der Waals surface area contributed by atoms with E-state index in [0.29, 0.717) is 0 Å². The molecule has 32 nitrogen and oxygen atoms in total. The minimum atomic E-state index is -2.19. The van der Waals surface area contributed by atoms with Gasteiger partial charge in [-0.3, -0.25) is 16.0 Å². The zero-order valence-electron chi connectivity index (χ0n) is 51.0. The van der Waals surface area contributed by atoms with Crippen LogP contribution in [0.1, 0.15) is 6.42 Å². The van der Waals surface area contributed by atoms with Gasteiger partial charge in [-0.1, -0.05) is 72.4 Å². The summed E-state index contributed by atoms with van der Waals surface area (Å²) in [5.74, 6) is -11.1. The van der Waals surface area contributed by atoms with Crippen LogP contribution in [-0.4, -0.2) is 189 Å². The Balaban J connectivity index is 4.18. The van der Waals surface area contributed by atoms with E-state index in [1.54, 1.807) is 0 Å². The SMILES string of the molecule is C=CC(=O)OCCC(COC(=O)C=C)(COC(=O)C=C)OC(=O)Nc1cc(NC(=O)OCC(COCC(COC(=O)C=C)(COC(=O)C=C)COC(=O)C=C)(COC(=O)C=C)COC(=O)C=C)cc(NC(=O)OCC(COC(=O)C=C)(COC(=O)C=C)COC(=O)C=C)c1. The van der Waals surface area contributed by atoms with Crippen LogP contribution >= 0.6 is 0 Å². The third-order valence-electron chi connectivity index (χ3n) is 11.6. The maximum absolute atomic E-state index is 14.1. The number of esters is 11. The number of carbonyl (C=O) groups is 14. The summed E-state index contributed by atoms with van der Waals surface area (Å²) in [5.41, 5.74) is -8.93. The molecule has 0 atom stereocenters. The van der Waals surface area contributed by atoms with Crippen LogP contribution in [0, 0.1) is 16.2 Å². The number of carbonyl (C=O) groups excluding carboxylic acids is 14. The zero-order chi connectivity index (χ0) is 70.8. The summed E-state index contributed by atoms with van der Waals surface area (Å²) in [5, 5.41) is 6.97. The van der Waals surface area contributed by atoms with Gasteiger partial charge in [0.2, 0.25) is 0 Å². The third-order valence-corrected chi connectivity index (χ3v) is 11.6. The lowest BCUT2D eigenvalue weighted by Crippen LogP contribution is -2.47. The molecule has 1 aromatic carbocycles. The number of hydrogen-bond donors (Lipinski definition) is 3. The lowest BCUT2D eigenvalue weighted by Gasteiger charge is -2.35. The summed E-state index contributed by atoms with van der Waals surface area (Å²) in [6.45, 7) is 25.0. The molecule has 0 saturated carbocycles. The van der Waals surface area contributed by atoms with Crippen LogP contribution in [0.4, 0.5) is 31.4 Å². The molecule has 0 aliphatic carbocycles. The van der Waals surface area contributed by atoms with E-state index in [1.165, 1.54) is 0 Å². The third kappa shape index (κ3) is 31.7. The van der Waals surface area contributed by atoms with Crippen LogP contribution in [0.5, 0.6) is 0 Å². The number of hydrogen-bond acceptors (Lipinski definition) is 29. The van der Waals surface area contributed by atoms with Crippen molar-refractivity contribution in [2.75, 3.05) is 115 Å². The normalized spacial score (nSPS) is 10.6. The van der Waals surface area contributed by atoms with Gasteiger partial charge in [0.05, 0.1) is 30.7 Å². The van der Waals surface area contributed by atoms with E-state index >= 15 is 0 Å². The van der Waals surface area contributed by atoms with Crippen molar-refractivity contribution in [3.05, 3.63) is 157 Å². The van der Waals surface area contributed by atoms with Crippen molar-refractivity contribution in [3.63, 3.8) is 0 Å². The molecule has 0 bridgehead atoms. The van der Waals surface area contributed by atoms with Gasteiger partial charge < -0.3 is 71.1 Å². The van der Waals surface area contributed by atoms with E-state index in [1.807, 2.05) is 0 Å². The first-order valence-corrected chi connectivity index (χ1v) is 27.0. The number of ether oxygens (including phenoxy) is 15. The molecular formula is C62H71N3O29. The van der Waals surface area contributed by atoms with E-state index in [-0.39, 0.29) is 11.4 Å². The van der Waals surface area contributed by atoms with Crippen LogP contribution < -0.4 is 16.0 Å². The molecule has 32 heteroatoms. The van der Waals surface area contributed by atoms with Crippen molar-refractivity contribution >= 4 is 101 Å². The largest absolute Gasteiger partial charge is 0.462 e. The minimum absolute atomic E-state index is 0.379. The quantitative estimate of drug-likeness (QED) is 0.0461. The van der Waals surface area contributed by atoms with Crippen molar-refractivity contribution < 1.29 is 138 Å². The molecule has 3 amide bonds. The number of amides is 3. The van der Waals surface area contributed by atoms with Crippen molar-refractivity contribution in [3.8, 4) is 0 Å². The summed E-state index contributed by atoms with van der Waals surface area (Å²) in [7, 11) is 0. The van der Waals surface area contributed by atoms with Crippen LogP contribution in [0.15, 0.2) is 157 Å². The second-order valence-electron chi connectivity index (χ2n) is 19.1. The number of nitrogens with one attached hydrogen (secondary N) is 3. The first-order chi connectivity index (χ1) is 44.6. The molecule has 0 fully saturated rings. The molecule has 0 aromatic heterocycles. The lowest BCUT2D eigenvalue weighted by atomic mass is 9.90. The standard InChI is InChI=1S/C62H71N3O29/c1-12-45(66)81-24-23-62(40-90-54(75)21-10,41-91-55(76)22-11)94-58(79)65-44-26-42(25-43(27-44)64-57(78)93-39-61(35-87-51(72)18-7,36-88-52(73)19-8)37-89-53(74)20-9)63-56(77)92-38-60(33-85-49(70)16-5,34-86-50(71)17-6)29-80-28-59(30-82-46(67)13-2,31-83-47(68)14-3)32-84-48(69)15-4/h12-22,25-27H,1-11,23-24,28-41H2,(H,63,77)(H,64,78)(H,65,79). The van der Waals surface area contributed by atoms with Crippen molar-refractivity contribution in [1.29, 1.82) is 0 Å². The summed E-state index contributed by atoms with van der Waals surface area (Å²) in [6, 6.07) is 3.08. The highest BCUT2D eigenvalue weighted by Gasteiger charge is 2.42. The fraction of sp³-hybridized carbons (Fsp3) is 0.323. The second-order valence-corrected chi connectivity index (χ2v) is 19.1. The van der Waals surface area contributed by atoms with E-state index in [4.69, 9.17) is 71.1 Å². The topological polar surface area (TPSA) is 414 Å². The molecule has 0 aliphatic rings. The van der Waals surface area contributed by atoms with Gasteiger partial charge in [0.25, 0.3) is 0 Å². The molecule has 3 N–H and O–H groups in total. The molecular weight excluding hydrogens is 1250 g/mol. The molecule has 0 spiro atoms. The van der Waals surface area contributed by atoms with Crippen molar-refractivity contribution in [1.82, 2.24) is 0 Å². The van der Waals surface area contributed by atoms with E-state index < -0.39 is 217 Å². The highest BCUT2D eigenvalue weighted by molar-refractivity contribution is 5.94. The van der Waals surface area contributed by atoms with Gasteiger partial charge in [0, 0.05) is 90.3 Å². The van der Waals surface area contributed by atoms with Crippen LogP contribution in [-0.2, 0) is 124 Å². The monoisotopic (exact) mass is 1320 g/mol. The molecule has 1 rings (SSSR count). The lowest BCUT2D eigenvalue weighted by molar-refractivity contribution is -0.168. The Morgan fingerprint density at radius 1 is 0.277 bits per heavy atom. The fourth-order valence-electron chi connectivity index (χ4n) is 6.64. The molecule has 1 aromatic rings. The predicted octanol–water partition coefficient (Wildman–Crippen LogP) is 4.46. The maximum Gasteiger partial charge on any atom is 0.412 e. The predicted molar refractivity (Wildman–Crippen MR) is 325 cm³/mol. The Bertz CT molecular complexity index is 2880. The molecule has 0 radical (unpaired) electrons. The number of anilines is 3. The van der Waals surface area contributed by atoms with Gasteiger partial charge in [-0.05, 0) is 18.2 Å². The number of rotatable bonds is 46. The minimum Gasteiger partial charge on any atom is -0.462 e. The molecule has 94 heavy (non-hydrogen) atoms. The van der Waals surface area contributed by atoms with Gasteiger partial charge >= 0.3 is 83.9 Å². The number of benzene rings is 1.